The van der Waals surface area contributed by atoms with E-state index in [1.807, 2.05) is 26.8 Å². The van der Waals surface area contributed by atoms with E-state index in [4.69, 9.17) is 16.3 Å². The minimum atomic E-state index is -0.0527. The van der Waals surface area contributed by atoms with E-state index >= 15 is 0 Å². The van der Waals surface area contributed by atoms with Gasteiger partial charge in [0, 0.05) is 19.5 Å². The molecule has 1 saturated heterocycles. The molecule has 0 unspecified atom stereocenters. The molecule has 0 aliphatic carbocycles. The van der Waals surface area contributed by atoms with Gasteiger partial charge in [-0.1, -0.05) is 32.1 Å². The zero-order valence-electron chi connectivity index (χ0n) is 14.1. The molecule has 6 nitrogen and oxygen atoms in total. The van der Waals surface area contributed by atoms with Crippen molar-refractivity contribution >= 4 is 49.9 Å². The number of amides is 1. The molecule has 0 atom stereocenters. The molecule has 0 aromatic carbocycles. The average Bonchev–Trinajstić information content (AvgIpc) is 2.87. The largest absolute Gasteiger partial charge is 0.378 e. The molecule has 2 aromatic rings. The van der Waals surface area contributed by atoms with E-state index in [0.717, 1.165) is 34.1 Å². The number of nitrogens with zero attached hydrogens (tertiary/aromatic N) is 3. The maximum atomic E-state index is 12.2. The van der Waals surface area contributed by atoms with Crippen LogP contribution in [0.4, 0.5) is 10.8 Å². The van der Waals surface area contributed by atoms with Gasteiger partial charge in [-0.25, -0.2) is 4.98 Å². The van der Waals surface area contributed by atoms with E-state index in [9.17, 15) is 4.79 Å². The molecule has 0 spiro atoms. The van der Waals surface area contributed by atoms with Gasteiger partial charge in [-0.15, -0.1) is 0 Å². The third-order valence-electron chi connectivity index (χ3n) is 3.61. The predicted octanol–water partition coefficient (Wildman–Crippen LogP) is 3.56. The van der Waals surface area contributed by atoms with Crippen LogP contribution in [0, 0.1) is 5.41 Å². The van der Waals surface area contributed by atoms with E-state index in [1.54, 1.807) is 0 Å². The minimum absolute atomic E-state index is 0.000958. The van der Waals surface area contributed by atoms with E-state index in [2.05, 4.69) is 20.2 Å². The van der Waals surface area contributed by atoms with Gasteiger partial charge in [0.2, 0.25) is 11.2 Å². The number of halogens is 1. The molecule has 1 amide bonds. The van der Waals surface area contributed by atoms with Crippen molar-refractivity contribution in [3.05, 3.63) is 11.3 Å². The van der Waals surface area contributed by atoms with Crippen LogP contribution in [0.1, 0.15) is 27.2 Å². The molecule has 1 fully saturated rings. The molecule has 8 heteroatoms. The van der Waals surface area contributed by atoms with Gasteiger partial charge in [0.25, 0.3) is 0 Å². The maximum Gasteiger partial charge on any atom is 0.225 e. The van der Waals surface area contributed by atoms with Gasteiger partial charge in [0.05, 0.1) is 23.6 Å². The summed E-state index contributed by atoms with van der Waals surface area (Å²) in [5.41, 5.74) is -0.0527. The Balaban J connectivity index is 1.88. The molecular formula is C16H21ClN4O2S. The summed E-state index contributed by atoms with van der Waals surface area (Å²) in [6.07, 6.45) is 0.462. The quantitative estimate of drug-likeness (QED) is 0.839. The molecule has 130 valence electrons. The number of carbonyl (C=O) groups is 1. The lowest BCUT2D eigenvalue weighted by molar-refractivity contribution is -0.117. The lowest BCUT2D eigenvalue weighted by atomic mass is 9.92. The summed E-state index contributed by atoms with van der Waals surface area (Å²) in [6, 6.07) is 1.93. The number of morpholine rings is 1. The topological polar surface area (TPSA) is 67.4 Å². The molecular weight excluding hydrogens is 348 g/mol. The Morgan fingerprint density at radius 2 is 2.08 bits per heavy atom. The highest BCUT2D eigenvalue weighted by Gasteiger charge is 2.20. The molecule has 1 aliphatic heterocycles. The molecule has 3 rings (SSSR count). The number of thiophene rings is 1. The second-order valence-electron chi connectivity index (χ2n) is 7.03. The third kappa shape index (κ3) is 4.15. The highest BCUT2D eigenvalue weighted by Crippen LogP contribution is 2.35. The molecule has 2 aromatic heterocycles. The van der Waals surface area contributed by atoms with Gasteiger partial charge in [0.1, 0.15) is 10.6 Å². The summed E-state index contributed by atoms with van der Waals surface area (Å²) < 4.78 is 5.40. The SMILES string of the molecule is CC(C)(C)CC(=O)Nc1cc2c(N3CCOCC3)nc(Cl)nc2s1. The average molecular weight is 369 g/mol. The highest BCUT2D eigenvalue weighted by molar-refractivity contribution is 7.22. The summed E-state index contributed by atoms with van der Waals surface area (Å²) in [6.45, 7) is 9.00. The summed E-state index contributed by atoms with van der Waals surface area (Å²) in [7, 11) is 0. The van der Waals surface area contributed by atoms with Crippen LogP contribution in [-0.2, 0) is 9.53 Å². The van der Waals surface area contributed by atoms with Gasteiger partial charge in [-0.2, -0.15) is 4.98 Å². The van der Waals surface area contributed by atoms with Gasteiger partial charge in [-0.3, -0.25) is 4.79 Å². The lowest BCUT2D eigenvalue weighted by Crippen LogP contribution is -2.36. The Hall–Kier alpha value is -1.44. The summed E-state index contributed by atoms with van der Waals surface area (Å²) in [5.74, 6) is 0.807. The summed E-state index contributed by atoms with van der Waals surface area (Å²) in [4.78, 5) is 23.8. The van der Waals surface area contributed by atoms with Crippen molar-refractivity contribution in [2.24, 2.45) is 5.41 Å². The monoisotopic (exact) mass is 368 g/mol. The first-order valence-corrected chi connectivity index (χ1v) is 9.11. The van der Waals surface area contributed by atoms with Crippen LogP contribution < -0.4 is 10.2 Å². The molecule has 1 aliphatic rings. The normalized spacial score (nSPS) is 15.8. The molecule has 0 saturated carbocycles. The Morgan fingerprint density at radius 1 is 1.38 bits per heavy atom. The number of nitrogens with one attached hydrogen (secondary N) is 1. The van der Waals surface area contributed by atoms with E-state index in [0.29, 0.717) is 19.6 Å². The zero-order chi connectivity index (χ0) is 17.3. The van der Waals surface area contributed by atoms with Crippen LogP contribution in [0.3, 0.4) is 0 Å². The van der Waals surface area contributed by atoms with Crippen molar-refractivity contribution in [3.63, 3.8) is 0 Å². The number of hydrogen-bond acceptors (Lipinski definition) is 6. The predicted molar refractivity (Wildman–Crippen MR) is 98.2 cm³/mol. The fourth-order valence-corrected chi connectivity index (χ4v) is 3.78. The first-order chi connectivity index (χ1) is 11.3. The smallest absolute Gasteiger partial charge is 0.225 e. The number of hydrogen-bond donors (Lipinski definition) is 1. The van der Waals surface area contributed by atoms with Crippen LogP contribution in [0.2, 0.25) is 5.28 Å². The van der Waals surface area contributed by atoms with E-state index in [-0.39, 0.29) is 16.6 Å². The molecule has 0 bridgehead atoms. The van der Waals surface area contributed by atoms with Crippen molar-refractivity contribution in [1.82, 2.24) is 9.97 Å². The van der Waals surface area contributed by atoms with Gasteiger partial charge >= 0.3 is 0 Å². The highest BCUT2D eigenvalue weighted by atomic mass is 35.5. The van der Waals surface area contributed by atoms with Crippen LogP contribution in [0.15, 0.2) is 6.07 Å². The van der Waals surface area contributed by atoms with E-state index < -0.39 is 0 Å². The van der Waals surface area contributed by atoms with Crippen LogP contribution in [-0.4, -0.2) is 42.2 Å². The Bertz CT molecular complexity index is 750. The van der Waals surface area contributed by atoms with Crippen molar-refractivity contribution in [1.29, 1.82) is 0 Å². The maximum absolute atomic E-state index is 12.2. The second kappa shape index (κ2) is 6.82. The number of carbonyl (C=O) groups excluding carboxylic acids is 1. The first-order valence-electron chi connectivity index (χ1n) is 7.91. The van der Waals surface area contributed by atoms with Crippen LogP contribution >= 0.6 is 22.9 Å². The summed E-state index contributed by atoms with van der Waals surface area (Å²) >= 11 is 7.50. The van der Waals surface area contributed by atoms with E-state index in [1.165, 1.54) is 11.3 Å². The molecule has 1 N–H and O–H groups in total. The fourth-order valence-electron chi connectivity index (χ4n) is 2.62. The number of anilines is 2. The zero-order valence-corrected chi connectivity index (χ0v) is 15.6. The standard InChI is InChI=1S/C16H21ClN4O2S/c1-16(2,3)9-11(22)18-12-8-10-13(21-4-6-23-7-5-21)19-15(17)20-14(10)24-12/h8H,4-7,9H2,1-3H3,(H,18,22). The first kappa shape index (κ1) is 17.4. The van der Waals surface area contributed by atoms with Gasteiger partial charge < -0.3 is 15.0 Å². The Kier molecular flexibility index (Phi) is 4.94. The molecule has 24 heavy (non-hydrogen) atoms. The summed E-state index contributed by atoms with van der Waals surface area (Å²) in [5, 5.41) is 4.87. The number of ether oxygens (including phenoxy) is 1. The Morgan fingerprint density at radius 3 is 2.75 bits per heavy atom. The van der Waals surface area contributed by atoms with Crippen LogP contribution in [0.25, 0.3) is 10.2 Å². The lowest BCUT2D eigenvalue weighted by Gasteiger charge is -2.28. The molecule has 0 radical (unpaired) electrons. The number of aromatic nitrogens is 2. The number of fused-ring (bicyclic) bond motifs is 1. The fraction of sp³-hybridized carbons (Fsp3) is 0.562. The molecule has 3 heterocycles. The van der Waals surface area contributed by atoms with Crippen molar-refractivity contribution in [2.75, 3.05) is 36.5 Å². The van der Waals surface area contributed by atoms with Crippen molar-refractivity contribution < 1.29 is 9.53 Å². The Labute approximate surface area is 150 Å². The van der Waals surface area contributed by atoms with Crippen molar-refractivity contribution in [2.45, 2.75) is 27.2 Å². The van der Waals surface area contributed by atoms with Crippen LogP contribution in [0.5, 0.6) is 0 Å². The van der Waals surface area contributed by atoms with Crippen molar-refractivity contribution in [3.8, 4) is 0 Å². The number of rotatable bonds is 3. The van der Waals surface area contributed by atoms with Gasteiger partial charge in [-0.05, 0) is 23.1 Å². The van der Waals surface area contributed by atoms with Gasteiger partial charge in [0.15, 0.2) is 0 Å². The minimum Gasteiger partial charge on any atom is -0.378 e. The third-order valence-corrected chi connectivity index (χ3v) is 4.72. The second-order valence-corrected chi connectivity index (χ2v) is 8.40.